The summed E-state index contributed by atoms with van der Waals surface area (Å²) in [6.45, 7) is 9.36. The molecule has 1 aromatic carbocycles. The summed E-state index contributed by atoms with van der Waals surface area (Å²) in [5, 5.41) is 0. The van der Waals surface area contributed by atoms with Crippen LogP contribution < -0.4 is 0 Å². The molecule has 8 heteroatoms. The number of nitrogens with zero attached hydrogens (tertiary/aromatic N) is 2. The van der Waals surface area contributed by atoms with Gasteiger partial charge in [-0.15, -0.1) is 0 Å². The van der Waals surface area contributed by atoms with Crippen molar-refractivity contribution in [2.75, 3.05) is 33.4 Å². The lowest BCUT2D eigenvalue weighted by atomic mass is 10.0. The first kappa shape index (κ1) is 22.5. The van der Waals surface area contributed by atoms with Crippen LogP contribution in [0.15, 0.2) is 24.3 Å². The van der Waals surface area contributed by atoms with Crippen molar-refractivity contribution in [1.82, 2.24) is 9.80 Å². The van der Waals surface area contributed by atoms with Crippen LogP contribution in [0.4, 0.5) is 18.0 Å². The van der Waals surface area contributed by atoms with E-state index in [9.17, 15) is 18.0 Å². The smallest absolute Gasteiger partial charge is 0.416 e. The first-order chi connectivity index (χ1) is 12.9. The minimum absolute atomic E-state index is 0.00344. The number of rotatable bonds is 4. The van der Waals surface area contributed by atoms with Crippen molar-refractivity contribution in [2.45, 2.75) is 51.6 Å². The fraction of sp³-hybridized carbons (Fsp3) is 0.650. The van der Waals surface area contributed by atoms with Gasteiger partial charge in [-0.05, 0) is 45.4 Å². The van der Waals surface area contributed by atoms with Gasteiger partial charge in [-0.3, -0.25) is 4.90 Å². The van der Waals surface area contributed by atoms with E-state index in [0.29, 0.717) is 26.2 Å². The topological polar surface area (TPSA) is 42.0 Å². The number of carbonyl (C=O) groups excluding carboxylic acids is 1. The van der Waals surface area contributed by atoms with E-state index in [-0.39, 0.29) is 18.2 Å². The molecule has 1 fully saturated rings. The summed E-state index contributed by atoms with van der Waals surface area (Å²) in [7, 11) is 1.57. The second-order valence-corrected chi connectivity index (χ2v) is 8.10. The third-order valence-electron chi connectivity index (χ3n) is 4.68. The second-order valence-electron chi connectivity index (χ2n) is 8.10. The number of hydrogen-bond donors (Lipinski definition) is 0. The molecule has 1 aliphatic heterocycles. The molecule has 0 radical (unpaired) electrons. The molecule has 0 N–H and O–H groups in total. The fourth-order valence-electron chi connectivity index (χ4n) is 3.36. The van der Waals surface area contributed by atoms with Crippen molar-refractivity contribution in [3.05, 3.63) is 35.4 Å². The Balaban J connectivity index is 2.12. The molecule has 5 nitrogen and oxygen atoms in total. The summed E-state index contributed by atoms with van der Waals surface area (Å²) in [5.41, 5.74) is -0.473. The summed E-state index contributed by atoms with van der Waals surface area (Å²) in [6.07, 6.45) is -4.71. The van der Waals surface area contributed by atoms with Crippen LogP contribution in [0.3, 0.4) is 0 Å². The van der Waals surface area contributed by atoms with E-state index in [1.807, 2.05) is 27.7 Å². The van der Waals surface area contributed by atoms with E-state index in [0.717, 1.165) is 17.7 Å². The normalized spacial score (nSPS) is 20.1. The molecule has 0 spiro atoms. The number of carbonyl (C=O) groups is 1. The van der Waals surface area contributed by atoms with Gasteiger partial charge in [0.2, 0.25) is 0 Å². The van der Waals surface area contributed by atoms with Crippen molar-refractivity contribution in [3.63, 3.8) is 0 Å². The van der Waals surface area contributed by atoms with Gasteiger partial charge in [0.15, 0.2) is 0 Å². The zero-order valence-corrected chi connectivity index (χ0v) is 17.0. The lowest BCUT2D eigenvalue weighted by Gasteiger charge is -2.44. The van der Waals surface area contributed by atoms with Gasteiger partial charge in [0.1, 0.15) is 5.60 Å². The molecule has 0 aliphatic carbocycles. The van der Waals surface area contributed by atoms with Crippen LogP contribution in [0, 0.1) is 0 Å². The molecule has 1 aromatic rings. The van der Waals surface area contributed by atoms with Gasteiger partial charge in [0.05, 0.1) is 18.2 Å². The molecule has 158 valence electrons. The molecule has 0 saturated carbocycles. The Hall–Kier alpha value is -1.80. The number of halogens is 3. The van der Waals surface area contributed by atoms with Crippen LogP contribution in [-0.4, -0.2) is 60.9 Å². The maximum absolute atomic E-state index is 12.8. The molecule has 1 amide bonds. The fourth-order valence-corrected chi connectivity index (χ4v) is 3.36. The van der Waals surface area contributed by atoms with E-state index >= 15 is 0 Å². The minimum atomic E-state index is -4.36. The molecule has 1 aliphatic rings. The minimum Gasteiger partial charge on any atom is -0.444 e. The van der Waals surface area contributed by atoms with Crippen LogP contribution in [0.2, 0.25) is 0 Å². The van der Waals surface area contributed by atoms with Gasteiger partial charge in [-0.2, -0.15) is 13.2 Å². The van der Waals surface area contributed by atoms with E-state index in [2.05, 4.69) is 4.90 Å². The summed E-state index contributed by atoms with van der Waals surface area (Å²) in [4.78, 5) is 16.1. The van der Waals surface area contributed by atoms with Crippen LogP contribution in [0.1, 0.15) is 44.9 Å². The Kier molecular flexibility index (Phi) is 6.98. The Bertz CT molecular complexity index is 656. The molecule has 0 aromatic heterocycles. The quantitative estimate of drug-likeness (QED) is 0.752. The zero-order chi connectivity index (χ0) is 21.1. The van der Waals surface area contributed by atoms with Gasteiger partial charge in [0.25, 0.3) is 0 Å². The molecule has 0 bridgehead atoms. The Morgan fingerprint density at radius 3 is 2.25 bits per heavy atom. The molecular weight excluding hydrogens is 373 g/mol. The SMILES string of the molecule is COC[C@H](c1ccc(C(F)(F)F)cc1)N1CCN(C(=O)OC(C)(C)C)C[C@@H]1C. The van der Waals surface area contributed by atoms with Crippen LogP contribution in [0.25, 0.3) is 0 Å². The largest absolute Gasteiger partial charge is 0.444 e. The zero-order valence-electron chi connectivity index (χ0n) is 17.0. The lowest BCUT2D eigenvalue weighted by Crippen LogP contribution is -2.55. The summed E-state index contributed by atoms with van der Waals surface area (Å²) >= 11 is 0. The first-order valence-electron chi connectivity index (χ1n) is 9.32. The number of alkyl halides is 3. The predicted molar refractivity (Wildman–Crippen MR) is 100 cm³/mol. The van der Waals surface area contributed by atoms with Gasteiger partial charge in [-0.25, -0.2) is 4.79 Å². The average Bonchev–Trinajstić information content (AvgIpc) is 2.58. The highest BCUT2D eigenvalue weighted by Crippen LogP contribution is 2.32. The Morgan fingerprint density at radius 1 is 1.18 bits per heavy atom. The molecule has 28 heavy (non-hydrogen) atoms. The molecule has 2 rings (SSSR count). The highest BCUT2D eigenvalue weighted by atomic mass is 19.4. The summed E-state index contributed by atoms with van der Waals surface area (Å²) in [5.74, 6) is 0. The number of methoxy groups -OCH3 is 1. The van der Waals surface area contributed by atoms with Gasteiger partial charge < -0.3 is 14.4 Å². The van der Waals surface area contributed by atoms with Crippen LogP contribution >= 0.6 is 0 Å². The van der Waals surface area contributed by atoms with E-state index in [1.165, 1.54) is 12.1 Å². The predicted octanol–water partition coefficient (Wildman–Crippen LogP) is 4.33. The monoisotopic (exact) mass is 402 g/mol. The van der Waals surface area contributed by atoms with Gasteiger partial charge >= 0.3 is 12.3 Å². The lowest BCUT2D eigenvalue weighted by molar-refractivity contribution is -0.137. The summed E-state index contributed by atoms with van der Waals surface area (Å²) in [6, 6.07) is 5.00. The van der Waals surface area contributed by atoms with Crippen molar-refractivity contribution in [1.29, 1.82) is 0 Å². The molecule has 1 saturated heterocycles. The number of ether oxygens (including phenoxy) is 2. The first-order valence-corrected chi connectivity index (χ1v) is 9.32. The van der Waals surface area contributed by atoms with Crippen molar-refractivity contribution in [3.8, 4) is 0 Å². The maximum atomic E-state index is 12.8. The van der Waals surface area contributed by atoms with Crippen LogP contribution in [-0.2, 0) is 15.7 Å². The van der Waals surface area contributed by atoms with E-state index < -0.39 is 17.3 Å². The van der Waals surface area contributed by atoms with E-state index in [1.54, 1.807) is 12.0 Å². The molecule has 0 unspecified atom stereocenters. The molecule has 2 atom stereocenters. The third-order valence-corrected chi connectivity index (χ3v) is 4.68. The molecular formula is C20H29F3N2O3. The van der Waals surface area contributed by atoms with Crippen molar-refractivity contribution >= 4 is 6.09 Å². The highest BCUT2D eigenvalue weighted by Gasteiger charge is 2.35. The average molecular weight is 402 g/mol. The number of piperazine rings is 1. The van der Waals surface area contributed by atoms with E-state index in [4.69, 9.17) is 9.47 Å². The number of benzene rings is 1. The highest BCUT2D eigenvalue weighted by molar-refractivity contribution is 5.68. The third kappa shape index (κ3) is 5.85. The number of amides is 1. The van der Waals surface area contributed by atoms with Crippen LogP contribution in [0.5, 0.6) is 0 Å². The summed E-state index contributed by atoms with van der Waals surface area (Å²) < 4.78 is 49.3. The second kappa shape index (κ2) is 8.69. The van der Waals surface area contributed by atoms with Crippen molar-refractivity contribution < 1.29 is 27.4 Å². The molecule has 1 heterocycles. The maximum Gasteiger partial charge on any atom is 0.416 e. The van der Waals surface area contributed by atoms with Gasteiger partial charge in [-0.1, -0.05) is 12.1 Å². The standard InChI is InChI=1S/C20H29F3N2O3/c1-14-12-24(18(26)28-19(2,3)4)10-11-25(14)17(13-27-5)15-6-8-16(9-7-15)20(21,22)23/h6-9,14,17H,10-13H2,1-5H3/t14-,17+/m0/s1. The Labute approximate surface area is 164 Å². The Morgan fingerprint density at radius 2 is 1.79 bits per heavy atom. The number of hydrogen-bond acceptors (Lipinski definition) is 4. The van der Waals surface area contributed by atoms with Crippen molar-refractivity contribution in [2.24, 2.45) is 0 Å². The van der Waals surface area contributed by atoms with Gasteiger partial charge in [0, 0.05) is 32.8 Å².